The van der Waals surface area contributed by atoms with Gasteiger partial charge in [-0.25, -0.2) is 0 Å². The lowest BCUT2D eigenvalue weighted by Crippen LogP contribution is -2.43. The summed E-state index contributed by atoms with van der Waals surface area (Å²) in [6.07, 6.45) is 1.01. The zero-order valence-electron chi connectivity index (χ0n) is 9.40. The molecule has 1 atom stereocenters. The van der Waals surface area contributed by atoms with Crippen molar-refractivity contribution in [2.75, 3.05) is 0 Å². The van der Waals surface area contributed by atoms with E-state index in [4.69, 9.17) is 10.2 Å². The molecule has 1 saturated carbocycles. The van der Waals surface area contributed by atoms with E-state index in [-0.39, 0.29) is 12.2 Å². The fraction of sp³-hybridized carbons (Fsp3) is 0.727. The number of carbonyl (C=O) groups excluding carboxylic acids is 1. The maximum atomic E-state index is 11.3. The Kier molecular flexibility index (Phi) is 3.35. The molecular formula is C11H16O5. The second-order valence-corrected chi connectivity index (χ2v) is 4.99. The summed E-state index contributed by atoms with van der Waals surface area (Å²) in [6, 6.07) is 0. The minimum Gasteiger partial charge on any atom is -0.481 e. The first kappa shape index (κ1) is 12.7. The van der Waals surface area contributed by atoms with Crippen LogP contribution in [-0.4, -0.2) is 27.9 Å². The summed E-state index contributed by atoms with van der Waals surface area (Å²) in [5, 5.41) is 17.8. The fourth-order valence-electron chi connectivity index (χ4n) is 2.29. The smallest absolute Gasteiger partial charge is 0.318 e. The molecule has 0 radical (unpaired) electrons. The van der Waals surface area contributed by atoms with Crippen LogP contribution in [0.3, 0.4) is 0 Å². The number of carboxylic acid groups (broad SMARTS) is 2. The summed E-state index contributed by atoms with van der Waals surface area (Å²) in [7, 11) is 0. The van der Waals surface area contributed by atoms with Gasteiger partial charge in [0, 0.05) is 12.8 Å². The van der Waals surface area contributed by atoms with E-state index < -0.39 is 29.2 Å². The molecule has 1 aliphatic rings. The molecule has 0 aromatic heterocycles. The SMILES string of the molecule is CC1(C)CCC(=O)C[C@@H]1C(C(=O)O)C(=O)O. The van der Waals surface area contributed by atoms with Crippen molar-refractivity contribution in [3.05, 3.63) is 0 Å². The first-order valence-corrected chi connectivity index (χ1v) is 5.23. The Balaban J connectivity index is 3.01. The van der Waals surface area contributed by atoms with Gasteiger partial charge in [-0.05, 0) is 17.8 Å². The Hall–Kier alpha value is -1.39. The predicted molar refractivity (Wildman–Crippen MR) is 54.9 cm³/mol. The van der Waals surface area contributed by atoms with Gasteiger partial charge < -0.3 is 10.2 Å². The summed E-state index contributed by atoms with van der Waals surface area (Å²) in [5.74, 6) is -4.87. The van der Waals surface area contributed by atoms with Crippen molar-refractivity contribution in [3.63, 3.8) is 0 Å². The Labute approximate surface area is 93.5 Å². The summed E-state index contributed by atoms with van der Waals surface area (Å²) in [4.78, 5) is 33.2. The van der Waals surface area contributed by atoms with Gasteiger partial charge in [0.05, 0.1) is 0 Å². The zero-order valence-corrected chi connectivity index (χ0v) is 9.40. The quantitative estimate of drug-likeness (QED) is 0.707. The number of carboxylic acids is 2. The highest BCUT2D eigenvalue weighted by Crippen LogP contribution is 2.43. The third-order valence-electron chi connectivity index (χ3n) is 3.43. The maximum Gasteiger partial charge on any atom is 0.318 e. The normalized spacial score (nSPS) is 24.4. The molecule has 0 heterocycles. The lowest BCUT2D eigenvalue weighted by atomic mass is 9.63. The van der Waals surface area contributed by atoms with Crippen molar-refractivity contribution in [1.29, 1.82) is 0 Å². The molecule has 2 N–H and O–H groups in total. The Morgan fingerprint density at radius 3 is 2.25 bits per heavy atom. The number of rotatable bonds is 3. The van der Waals surface area contributed by atoms with E-state index >= 15 is 0 Å². The van der Waals surface area contributed by atoms with Crippen molar-refractivity contribution in [2.24, 2.45) is 17.3 Å². The van der Waals surface area contributed by atoms with E-state index in [1.807, 2.05) is 13.8 Å². The minimum atomic E-state index is -1.49. The molecule has 0 aromatic carbocycles. The van der Waals surface area contributed by atoms with Gasteiger partial charge in [0.25, 0.3) is 0 Å². The van der Waals surface area contributed by atoms with Crippen LogP contribution in [0.15, 0.2) is 0 Å². The van der Waals surface area contributed by atoms with Crippen LogP contribution in [0.4, 0.5) is 0 Å². The van der Waals surface area contributed by atoms with E-state index in [1.54, 1.807) is 0 Å². The van der Waals surface area contributed by atoms with Crippen LogP contribution in [-0.2, 0) is 14.4 Å². The second-order valence-electron chi connectivity index (χ2n) is 4.99. The first-order chi connectivity index (χ1) is 7.25. The van der Waals surface area contributed by atoms with Crippen LogP contribution < -0.4 is 0 Å². The molecule has 0 aliphatic heterocycles. The number of ketones is 1. The average Bonchev–Trinajstić information content (AvgIpc) is 2.10. The van der Waals surface area contributed by atoms with E-state index in [1.165, 1.54) is 0 Å². The van der Waals surface area contributed by atoms with Gasteiger partial charge in [0.2, 0.25) is 0 Å². The van der Waals surface area contributed by atoms with Crippen molar-refractivity contribution < 1.29 is 24.6 Å². The van der Waals surface area contributed by atoms with Crippen LogP contribution in [0.25, 0.3) is 0 Å². The van der Waals surface area contributed by atoms with Gasteiger partial charge in [-0.15, -0.1) is 0 Å². The monoisotopic (exact) mass is 228 g/mol. The minimum absolute atomic E-state index is 0.0446. The number of Topliss-reactive ketones (excluding diaryl/α,β-unsaturated/α-hetero) is 1. The van der Waals surface area contributed by atoms with Gasteiger partial charge >= 0.3 is 11.9 Å². The number of aliphatic carboxylic acids is 2. The maximum absolute atomic E-state index is 11.3. The number of hydrogen-bond donors (Lipinski definition) is 2. The van der Waals surface area contributed by atoms with Crippen LogP contribution in [0.5, 0.6) is 0 Å². The van der Waals surface area contributed by atoms with Crippen molar-refractivity contribution in [2.45, 2.75) is 33.1 Å². The molecule has 0 amide bonds. The Bertz CT molecular complexity index is 317. The van der Waals surface area contributed by atoms with E-state index in [9.17, 15) is 14.4 Å². The summed E-state index contributed by atoms with van der Waals surface area (Å²) >= 11 is 0. The largest absolute Gasteiger partial charge is 0.481 e. The van der Waals surface area contributed by atoms with Gasteiger partial charge in [0.1, 0.15) is 5.78 Å². The summed E-state index contributed by atoms with van der Waals surface area (Å²) in [5.41, 5.74) is -0.421. The Morgan fingerprint density at radius 1 is 1.31 bits per heavy atom. The first-order valence-electron chi connectivity index (χ1n) is 5.23. The van der Waals surface area contributed by atoms with Crippen molar-refractivity contribution in [3.8, 4) is 0 Å². The molecule has 0 saturated heterocycles. The van der Waals surface area contributed by atoms with E-state index in [0.29, 0.717) is 12.8 Å². The molecule has 1 rings (SSSR count). The molecule has 1 fully saturated rings. The van der Waals surface area contributed by atoms with Crippen molar-refractivity contribution in [1.82, 2.24) is 0 Å². The van der Waals surface area contributed by atoms with E-state index in [2.05, 4.69) is 0 Å². The molecule has 0 unspecified atom stereocenters. The van der Waals surface area contributed by atoms with Gasteiger partial charge in [-0.3, -0.25) is 14.4 Å². The third kappa shape index (κ3) is 2.40. The molecular weight excluding hydrogens is 212 g/mol. The molecule has 0 bridgehead atoms. The lowest BCUT2D eigenvalue weighted by Gasteiger charge is -2.39. The van der Waals surface area contributed by atoms with Crippen LogP contribution in [0.1, 0.15) is 33.1 Å². The topological polar surface area (TPSA) is 91.7 Å². The standard InChI is InChI=1S/C11H16O5/c1-11(2)4-3-6(12)5-7(11)8(9(13)14)10(15)16/h7-8H,3-5H2,1-2H3,(H,13,14)(H,15,16)/t7-/m1/s1. The zero-order chi connectivity index (χ0) is 12.5. The molecule has 90 valence electrons. The molecule has 1 aliphatic carbocycles. The number of hydrogen-bond acceptors (Lipinski definition) is 3. The lowest BCUT2D eigenvalue weighted by molar-refractivity contribution is -0.161. The van der Waals surface area contributed by atoms with Gasteiger partial charge in [0.15, 0.2) is 5.92 Å². The van der Waals surface area contributed by atoms with Gasteiger partial charge in [-0.2, -0.15) is 0 Å². The van der Waals surface area contributed by atoms with Gasteiger partial charge in [-0.1, -0.05) is 13.8 Å². The van der Waals surface area contributed by atoms with Crippen LogP contribution in [0.2, 0.25) is 0 Å². The van der Waals surface area contributed by atoms with Crippen LogP contribution in [0, 0.1) is 17.3 Å². The van der Waals surface area contributed by atoms with E-state index in [0.717, 1.165) is 0 Å². The summed E-state index contributed by atoms with van der Waals surface area (Å²) < 4.78 is 0. The molecule has 16 heavy (non-hydrogen) atoms. The third-order valence-corrected chi connectivity index (χ3v) is 3.43. The number of carbonyl (C=O) groups is 3. The molecule has 0 spiro atoms. The highest BCUT2D eigenvalue weighted by Gasteiger charge is 2.46. The second kappa shape index (κ2) is 4.23. The molecule has 0 aromatic rings. The highest BCUT2D eigenvalue weighted by atomic mass is 16.4. The Morgan fingerprint density at radius 2 is 1.81 bits per heavy atom. The summed E-state index contributed by atoms with van der Waals surface area (Å²) in [6.45, 7) is 3.64. The van der Waals surface area contributed by atoms with Crippen molar-refractivity contribution >= 4 is 17.7 Å². The molecule has 5 nitrogen and oxygen atoms in total. The highest BCUT2D eigenvalue weighted by molar-refractivity contribution is 5.94. The molecule has 5 heteroatoms. The average molecular weight is 228 g/mol. The predicted octanol–water partition coefficient (Wildman–Crippen LogP) is 1.17. The fourth-order valence-corrected chi connectivity index (χ4v) is 2.29. The van der Waals surface area contributed by atoms with Crippen LogP contribution >= 0.6 is 0 Å².